The molecule has 0 aromatic carbocycles. The van der Waals surface area contributed by atoms with Crippen LogP contribution in [0.15, 0.2) is 12.2 Å². The van der Waals surface area contributed by atoms with Crippen LogP contribution >= 0.6 is 0 Å². The Morgan fingerprint density at radius 1 is 1.56 bits per heavy atom. The Hall–Kier alpha value is -0.340. The molecule has 1 N–H and O–H groups in total. The topological polar surface area (TPSA) is 21.3 Å². The summed E-state index contributed by atoms with van der Waals surface area (Å²) in [6, 6.07) is 0. The predicted molar refractivity (Wildman–Crippen MR) is 32.6 cm³/mol. The maximum absolute atomic E-state index is 5.46. The zero-order valence-corrected chi connectivity index (χ0v) is 5.13. The van der Waals surface area contributed by atoms with Gasteiger partial charge in [-0.25, -0.2) is 0 Å². The molecular formula is C7H9NO. The van der Waals surface area contributed by atoms with Crippen molar-refractivity contribution in [3.05, 3.63) is 12.2 Å². The van der Waals surface area contributed by atoms with Gasteiger partial charge in [0.25, 0.3) is 0 Å². The fourth-order valence-corrected chi connectivity index (χ4v) is 2.00. The molecule has 0 amide bonds. The lowest BCUT2D eigenvalue weighted by Gasteiger charge is -2.68. The molecule has 1 unspecified atom stereocenters. The van der Waals surface area contributed by atoms with E-state index in [1.54, 1.807) is 0 Å². The first kappa shape index (κ1) is 4.47. The van der Waals surface area contributed by atoms with Gasteiger partial charge in [-0.05, 0) is 6.42 Å². The van der Waals surface area contributed by atoms with E-state index in [0.717, 1.165) is 12.3 Å². The lowest BCUT2D eigenvalue weighted by molar-refractivity contribution is -0.404. The average molecular weight is 123 g/mol. The summed E-state index contributed by atoms with van der Waals surface area (Å²) in [5.41, 5.74) is 0.124. The Bertz CT molecular complexity index is 181. The molecule has 0 saturated carbocycles. The molecule has 3 heterocycles. The number of ether oxygens (including phenoxy) is 1. The molecule has 1 aliphatic carbocycles. The Kier molecular flexibility index (Phi) is 0.541. The first-order chi connectivity index (χ1) is 4.41. The van der Waals surface area contributed by atoms with E-state index in [1.165, 1.54) is 6.42 Å². The molecule has 3 aliphatic heterocycles. The van der Waals surface area contributed by atoms with E-state index in [-0.39, 0.29) is 5.72 Å². The van der Waals surface area contributed by atoms with Crippen LogP contribution in [0.3, 0.4) is 0 Å². The second kappa shape index (κ2) is 1.09. The fourth-order valence-electron chi connectivity index (χ4n) is 2.00. The van der Waals surface area contributed by atoms with Crippen LogP contribution < -0.4 is 5.32 Å². The zero-order chi connectivity index (χ0) is 5.90. The molecule has 3 saturated heterocycles. The molecule has 3 atom stereocenters. The van der Waals surface area contributed by atoms with Gasteiger partial charge < -0.3 is 4.74 Å². The van der Waals surface area contributed by atoms with Crippen LogP contribution in [0.5, 0.6) is 0 Å². The first-order valence-electron chi connectivity index (χ1n) is 3.51. The molecule has 0 aromatic heterocycles. The lowest BCUT2D eigenvalue weighted by atomic mass is 9.71. The summed E-state index contributed by atoms with van der Waals surface area (Å²) >= 11 is 0. The minimum Gasteiger partial charge on any atom is -0.341 e. The van der Waals surface area contributed by atoms with Crippen molar-refractivity contribution in [3.8, 4) is 0 Å². The van der Waals surface area contributed by atoms with Crippen molar-refractivity contribution in [2.45, 2.75) is 24.8 Å². The third-order valence-corrected chi connectivity index (χ3v) is 2.67. The molecule has 1 spiro atoms. The normalized spacial score (nSPS) is 59.6. The van der Waals surface area contributed by atoms with Crippen LogP contribution in [0, 0.1) is 5.92 Å². The number of hydrogen-bond acceptors (Lipinski definition) is 2. The van der Waals surface area contributed by atoms with Crippen LogP contribution in [0.1, 0.15) is 12.8 Å². The lowest BCUT2D eigenvalue weighted by Crippen LogP contribution is -2.86. The maximum Gasteiger partial charge on any atom is 0.133 e. The molecule has 9 heavy (non-hydrogen) atoms. The summed E-state index contributed by atoms with van der Waals surface area (Å²) in [7, 11) is 0. The summed E-state index contributed by atoms with van der Waals surface area (Å²) in [4.78, 5) is 0. The molecule has 2 heteroatoms. The smallest absolute Gasteiger partial charge is 0.133 e. The third kappa shape index (κ3) is 0.321. The van der Waals surface area contributed by atoms with Gasteiger partial charge in [-0.15, -0.1) is 0 Å². The van der Waals surface area contributed by atoms with E-state index in [0.29, 0.717) is 6.23 Å². The summed E-state index contributed by atoms with van der Waals surface area (Å²) in [6.07, 6.45) is 7.18. The second-order valence-corrected chi connectivity index (χ2v) is 3.09. The maximum atomic E-state index is 5.46. The van der Waals surface area contributed by atoms with E-state index in [4.69, 9.17) is 4.74 Å². The van der Waals surface area contributed by atoms with Crippen molar-refractivity contribution < 1.29 is 4.74 Å². The van der Waals surface area contributed by atoms with E-state index < -0.39 is 0 Å². The van der Waals surface area contributed by atoms with Gasteiger partial charge in [-0.1, -0.05) is 12.2 Å². The third-order valence-electron chi connectivity index (χ3n) is 2.67. The van der Waals surface area contributed by atoms with E-state index in [2.05, 4.69) is 17.5 Å². The van der Waals surface area contributed by atoms with Gasteiger partial charge >= 0.3 is 0 Å². The standard InChI is InChI=1S/C7H9NO/c1-2-4-7-5(3-1)6(8-7)9-7/h1-2,5-6,8H,3-4H2/t5-,6-,7?/m1/s1. The number of hydrogen-bond donors (Lipinski definition) is 1. The van der Waals surface area contributed by atoms with Gasteiger partial charge in [0.1, 0.15) is 12.0 Å². The van der Waals surface area contributed by atoms with Gasteiger partial charge in [-0.2, -0.15) is 0 Å². The molecule has 3 fully saturated rings. The fraction of sp³-hybridized carbons (Fsp3) is 0.714. The monoisotopic (exact) mass is 123 g/mol. The van der Waals surface area contributed by atoms with E-state index >= 15 is 0 Å². The van der Waals surface area contributed by atoms with Gasteiger partial charge in [0, 0.05) is 12.3 Å². The number of allylic oxidation sites excluding steroid dienone is 1. The summed E-state index contributed by atoms with van der Waals surface area (Å²) < 4.78 is 5.46. The van der Waals surface area contributed by atoms with Crippen LogP contribution in [-0.2, 0) is 4.74 Å². The van der Waals surface area contributed by atoms with Crippen molar-refractivity contribution in [2.75, 3.05) is 0 Å². The quantitative estimate of drug-likeness (QED) is 0.476. The Labute approximate surface area is 53.9 Å². The first-order valence-corrected chi connectivity index (χ1v) is 3.51. The molecular weight excluding hydrogens is 114 g/mol. The molecule has 4 aliphatic rings. The summed E-state index contributed by atoms with van der Waals surface area (Å²) in [5, 5.41) is 3.35. The Morgan fingerprint density at radius 3 is 2.78 bits per heavy atom. The molecule has 48 valence electrons. The van der Waals surface area contributed by atoms with Crippen molar-refractivity contribution in [3.63, 3.8) is 0 Å². The predicted octanol–water partition coefficient (Wildman–Crippen LogP) is 0.608. The highest BCUT2D eigenvalue weighted by Gasteiger charge is 2.66. The zero-order valence-electron chi connectivity index (χ0n) is 5.13. The molecule has 2 bridgehead atoms. The van der Waals surface area contributed by atoms with Crippen molar-refractivity contribution >= 4 is 0 Å². The van der Waals surface area contributed by atoms with Crippen LogP contribution in [0.25, 0.3) is 0 Å². The van der Waals surface area contributed by atoms with Crippen LogP contribution in [0.4, 0.5) is 0 Å². The molecule has 0 aromatic rings. The van der Waals surface area contributed by atoms with Gasteiger partial charge in [0.15, 0.2) is 0 Å². The van der Waals surface area contributed by atoms with Crippen LogP contribution in [-0.4, -0.2) is 12.0 Å². The SMILES string of the molecule is C1=CCC23N[C@H](O2)[C@H]3C1. The average Bonchev–Trinajstić information content (AvgIpc) is 1.70. The molecule has 0 radical (unpaired) electrons. The summed E-state index contributed by atoms with van der Waals surface area (Å²) in [6.45, 7) is 0. The molecule has 4 rings (SSSR count). The van der Waals surface area contributed by atoms with Crippen LogP contribution in [0.2, 0.25) is 0 Å². The van der Waals surface area contributed by atoms with E-state index in [9.17, 15) is 0 Å². The van der Waals surface area contributed by atoms with Crippen molar-refractivity contribution in [1.82, 2.24) is 5.32 Å². The Morgan fingerprint density at radius 2 is 2.44 bits per heavy atom. The molecule has 2 nitrogen and oxygen atoms in total. The number of nitrogens with one attached hydrogen (secondary N) is 1. The minimum absolute atomic E-state index is 0.124. The van der Waals surface area contributed by atoms with Gasteiger partial charge in [-0.3, -0.25) is 5.32 Å². The van der Waals surface area contributed by atoms with Gasteiger partial charge in [0.05, 0.1) is 0 Å². The minimum atomic E-state index is 0.124. The second-order valence-electron chi connectivity index (χ2n) is 3.09. The summed E-state index contributed by atoms with van der Waals surface area (Å²) in [5.74, 6) is 0.808. The van der Waals surface area contributed by atoms with Crippen molar-refractivity contribution in [2.24, 2.45) is 5.92 Å². The highest BCUT2D eigenvalue weighted by Crippen LogP contribution is 2.53. The van der Waals surface area contributed by atoms with E-state index in [1.807, 2.05) is 0 Å². The van der Waals surface area contributed by atoms with Crippen molar-refractivity contribution in [1.29, 1.82) is 0 Å². The number of rotatable bonds is 0. The highest BCUT2D eigenvalue weighted by atomic mass is 16.6. The largest absolute Gasteiger partial charge is 0.341 e. The Balaban J connectivity index is 1.98. The van der Waals surface area contributed by atoms with Gasteiger partial charge in [0.2, 0.25) is 0 Å². The highest BCUT2D eigenvalue weighted by molar-refractivity contribution is 5.18.